The Labute approximate surface area is 147 Å². The average Bonchev–Trinajstić information content (AvgIpc) is 3.01. The topological polar surface area (TPSA) is 109 Å². The van der Waals surface area contributed by atoms with Crippen molar-refractivity contribution in [2.45, 2.75) is 18.1 Å². The van der Waals surface area contributed by atoms with E-state index in [1.54, 1.807) is 0 Å². The predicted octanol–water partition coefficient (Wildman–Crippen LogP) is 1.16. The van der Waals surface area contributed by atoms with Gasteiger partial charge in [-0.25, -0.2) is 4.98 Å². The summed E-state index contributed by atoms with van der Waals surface area (Å²) in [6.45, 7) is 0. The Morgan fingerprint density at radius 1 is 1.42 bits per heavy atom. The van der Waals surface area contributed by atoms with Crippen molar-refractivity contribution in [3.63, 3.8) is 0 Å². The first-order valence-electron chi connectivity index (χ1n) is 7.33. The number of anilines is 1. The summed E-state index contributed by atoms with van der Waals surface area (Å²) in [4.78, 5) is 27.8. The van der Waals surface area contributed by atoms with E-state index in [-0.39, 0.29) is 35.7 Å². The SMILES string of the molecule is NC1CC(=O)NC(SCC(=O)Nc2nc(-c3ccccc3)cs2)N1. The highest BCUT2D eigenvalue weighted by molar-refractivity contribution is 8.00. The molecule has 2 amide bonds. The zero-order valence-electron chi connectivity index (χ0n) is 12.7. The van der Waals surface area contributed by atoms with E-state index in [0.29, 0.717) is 5.13 Å². The molecule has 9 heteroatoms. The van der Waals surface area contributed by atoms with Gasteiger partial charge in [0.1, 0.15) is 5.50 Å². The van der Waals surface area contributed by atoms with Crippen molar-refractivity contribution in [3.8, 4) is 11.3 Å². The molecular formula is C15H17N5O2S2. The van der Waals surface area contributed by atoms with E-state index in [9.17, 15) is 9.59 Å². The molecule has 2 unspecified atom stereocenters. The number of carbonyl (C=O) groups is 2. The lowest BCUT2D eigenvalue weighted by Gasteiger charge is -2.28. The van der Waals surface area contributed by atoms with Gasteiger partial charge in [-0.15, -0.1) is 23.1 Å². The Balaban J connectivity index is 1.50. The molecule has 1 aliphatic rings. The van der Waals surface area contributed by atoms with Crippen molar-refractivity contribution in [3.05, 3.63) is 35.7 Å². The molecule has 1 aromatic carbocycles. The Morgan fingerprint density at radius 3 is 2.96 bits per heavy atom. The fourth-order valence-corrected chi connectivity index (χ4v) is 3.79. The van der Waals surface area contributed by atoms with Gasteiger partial charge in [0.15, 0.2) is 5.13 Å². The number of thiazole rings is 1. The lowest BCUT2D eigenvalue weighted by molar-refractivity contribution is -0.123. The fraction of sp³-hybridized carbons (Fsp3) is 0.267. The Morgan fingerprint density at radius 2 is 2.21 bits per heavy atom. The zero-order chi connectivity index (χ0) is 16.9. The van der Waals surface area contributed by atoms with Crippen LogP contribution >= 0.6 is 23.1 Å². The van der Waals surface area contributed by atoms with Crippen LogP contribution in [0.2, 0.25) is 0 Å². The number of carbonyl (C=O) groups excluding carboxylic acids is 2. The van der Waals surface area contributed by atoms with Gasteiger partial charge < -0.3 is 16.4 Å². The van der Waals surface area contributed by atoms with Gasteiger partial charge in [0, 0.05) is 10.9 Å². The van der Waals surface area contributed by atoms with Gasteiger partial charge in [-0.05, 0) is 0 Å². The van der Waals surface area contributed by atoms with E-state index in [4.69, 9.17) is 5.73 Å². The first-order valence-corrected chi connectivity index (χ1v) is 9.26. The number of nitrogens with two attached hydrogens (primary N) is 1. The third-order valence-electron chi connectivity index (χ3n) is 3.26. The van der Waals surface area contributed by atoms with Crippen LogP contribution in [0, 0.1) is 0 Å². The second-order valence-corrected chi connectivity index (χ2v) is 7.14. The van der Waals surface area contributed by atoms with E-state index in [2.05, 4.69) is 20.9 Å². The number of aromatic nitrogens is 1. The van der Waals surface area contributed by atoms with Crippen molar-refractivity contribution >= 4 is 40.0 Å². The van der Waals surface area contributed by atoms with Gasteiger partial charge in [-0.1, -0.05) is 30.3 Å². The normalized spacial score (nSPS) is 20.5. The van der Waals surface area contributed by atoms with Gasteiger partial charge in [0.25, 0.3) is 0 Å². The summed E-state index contributed by atoms with van der Waals surface area (Å²) >= 11 is 2.65. The lowest BCUT2D eigenvalue weighted by atomic mass is 10.2. The lowest BCUT2D eigenvalue weighted by Crippen LogP contribution is -2.58. The number of amides is 2. The van der Waals surface area contributed by atoms with Crippen molar-refractivity contribution in [1.82, 2.24) is 15.6 Å². The van der Waals surface area contributed by atoms with E-state index in [1.165, 1.54) is 23.1 Å². The van der Waals surface area contributed by atoms with Crippen molar-refractivity contribution in [2.75, 3.05) is 11.1 Å². The Kier molecular flexibility index (Phi) is 5.46. The summed E-state index contributed by atoms with van der Waals surface area (Å²) in [5, 5.41) is 11.0. The molecule has 2 heterocycles. The molecule has 1 saturated heterocycles. The second kappa shape index (κ2) is 7.75. The molecule has 0 radical (unpaired) electrons. The minimum atomic E-state index is -0.383. The number of rotatable bonds is 5. The molecule has 0 bridgehead atoms. The summed E-state index contributed by atoms with van der Waals surface area (Å²) in [7, 11) is 0. The van der Waals surface area contributed by atoms with Crippen molar-refractivity contribution in [1.29, 1.82) is 0 Å². The van der Waals surface area contributed by atoms with Crippen LogP contribution in [0.5, 0.6) is 0 Å². The van der Waals surface area contributed by atoms with Gasteiger partial charge >= 0.3 is 0 Å². The summed E-state index contributed by atoms with van der Waals surface area (Å²) in [5.41, 5.74) is 7.19. The first kappa shape index (κ1) is 16.9. The molecule has 3 rings (SSSR count). The molecular weight excluding hydrogens is 346 g/mol. The monoisotopic (exact) mass is 363 g/mol. The Bertz CT molecular complexity index is 722. The van der Waals surface area contributed by atoms with Crippen LogP contribution in [-0.2, 0) is 9.59 Å². The fourth-order valence-electron chi connectivity index (χ4n) is 2.18. The molecule has 1 fully saturated rings. The standard InChI is InChI=1S/C15H17N5O2S2/c16-11-6-12(21)19-15(18-11)24-8-13(22)20-14-17-10(7-23-14)9-4-2-1-3-5-9/h1-5,7,11,15,18H,6,8,16H2,(H,19,21)(H,17,20,22). The third-order valence-corrected chi connectivity index (χ3v) is 5.04. The molecule has 2 atom stereocenters. The molecule has 1 aliphatic heterocycles. The highest BCUT2D eigenvalue weighted by atomic mass is 32.2. The average molecular weight is 363 g/mol. The van der Waals surface area contributed by atoms with Crippen LogP contribution in [0.1, 0.15) is 6.42 Å². The number of nitrogens with zero attached hydrogens (tertiary/aromatic N) is 1. The second-order valence-electron chi connectivity index (χ2n) is 5.19. The number of hydrogen-bond donors (Lipinski definition) is 4. The number of hydrogen-bond acceptors (Lipinski definition) is 7. The van der Waals surface area contributed by atoms with Crippen LogP contribution in [0.3, 0.4) is 0 Å². The number of benzene rings is 1. The maximum atomic E-state index is 12.0. The third kappa shape index (κ3) is 4.54. The first-order chi connectivity index (χ1) is 11.6. The van der Waals surface area contributed by atoms with Crippen molar-refractivity contribution in [2.24, 2.45) is 5.73 Å². The van der Waals surface area contributed by atoms with Gasteiger partial charge in [-0.3, -0.25) is 14.9 Å². The van der Waals surface area contributed by atoms with Crippen LogP contribution in [0.4, 0.5) is 5.13 Å². The minimum absolute atomic E-state index is 0.119. The Hall–Kier alpha value is -1.94. The molecule has 1 aromatic heterocycles. The van der Waals surface area contributed by atoms with E-state index in [0.717, 1.165) is 11.3 Å². The van der Waals surface area contributed by atoms with Crippen LogP contribution in [0.25, 0.3) is 11.3 Å². The molecule has 0 aliphatic carbocycles. The number of thioether (sulfide) groups is 1. The number of nitrogens with one attached hydrogen (secondary N) is 3. The maximum absolute atomic E-state index is 12.0. The summed E-state index contributed by atoms with van der Waals surface area (Å²) in [6, 6.07) is 9.77. The molecule has 2 aromatic rings. The smallest absolute Gasteiger partial charge is 0.236 e. The maximum Gasteiger partial charge on any atom is 0.236 e. The van der Waals surface area contributed by atoms with E-state index in [1.807, 2.05) is 35.7 Å². The molecule has 0 saturated carbocycles. The quantitative estimate of drug-likeness (QED) is 0.635. The van der Waals surface area contributed by atoms with E-state index < -0.39 is 0 Å². The highest BCUT2D eigenvalue weighted by Crippen LogP contribution is 2.24. The molecule has 24 heavy (non-hydrogen) atoms. The predicted molar refractivity (Wildman–Crippen MR) is 96.3 cm³/mol. The van der Waals surface area contributed by atoms with Gasteiger partial charge in [-0.2, -0.15) is 0 Å². The molecule has 7 nitrogen and oxygen atoms in total. The summed E-state index contributed by atoms with van der Waals surface area (Å²) in [5.74, 6) is -0.110. The van der Waals surface area contributed by atoms with Crippen molar-refractivity contribution < 1.29 is 9.59 Å². The molecule has 0 spiro atoms. The minimum Gasteiger partial charge on any atom is -0.332 e. The highest BCUT2D eigenvalue weighted by Gasteiger charge is 2.23. The molecule has 126 valence electrons. The van der Waals surface area contributed by atoms with Crippen LogP contribution in [0.15, 0.2) is 35.7 Å². The molecule has 5 N–H and O–H groups in total. The van der Waals surface area contributed by atoms with Crippen LogP contribution < -0.4 is 21.7 Å². The van der Waals surface area contributed by atoms with Gasteiger partial charge in [0.2, 0.25) is 11.8 Å². The van der Waals surface area contributed by atoms with Crippen LogP contribution in [-0.4, -0.2) is 34.2 Å². The zero-order valence-corrected chi connectivity index (χ0v) is 14.3. The van der Waals surface area contributed by atoms with E-state index >= 15 is 0 Å². The summed E-state index contributed by atoms with van der Waals surface area (Å²) in [6.07, 6.45) is -0.142. The van der Waals surface area contributed by atoms with Gasteiger partial charge in [0.05, 0.1) is 24.0 Å². The summed E-state index contributed by atoms with van der Waals surface area (Å²) < 4.78 is 0. The largest absolute Gasteiger partial charge is 0.332 e.